The minimum atomic E-state index is -0.130. The fourth-order valence-corrected chi connectivity index (χ4v) is 1.97. The van der Waals surface area contributed by atoms with Crippen molar-refractivity contribution in [1.29, 1.82) is 0 Å². The van der Waals surface area contributed by atoms with E-state index < -0.39 is 0 Å². The lowest BCUT2D eigenvalue weighted by atomic mass is 10.1. The molecule has 4 heteroatoms. The van der Waals surface area contributed by atoms with Gasteiger partial charge in [-0.1, -0.05) is 12.1 Å². The number of hydrogen-bond acceptors (Lipinski definition) is 3. The third-order valence-corrected chi connectivity index (χ3v) is 2.98. The second-order valence-corrected chi connectivity index (χ2v) is 4.27. The van der Waals surface area contributed by atoms with Crippen LogP contribution in [0.3, 0.4) is 0 Å². The molecule has 0 aromatic heterocycles. The van der Waals surface area contributed by atoms with Crippen LogP contribution in [0.2, 0.25) is 0 Å². The van der Waals surface area contributed by atoms with E-state index in [-0.39, 0.29) is 17.7 Å². The number of carbonyl (C=O) groups is 1. The Bertz CT molecular complexity index is 417. The molecule has 0 unspecified atom stereocenters. The molecule has 16 heavy (non-hydrogen) atoms. The van der Waals surface area contributed by atoms with E-state index in [4.69, 9.17) is 5.73 Å². The van der Waals surface area contributed by atoms with Crippen LogP contribution in [-0.2, 0) is 0 Å². The number of para-hydroxylation sites is 1. The summed E-state index contributed by atoms with van der Waals surface area (Å²) in [4.78, 5) is 13.8. The monoisotopic (exact) mass is 220 g/mol. The highest BCUT2D eigenvalue weighted by atomic mass is 16.3. The first-order valence-corrected chi connectivity index (χ1v) is 5.43. The van der Waals surface area contributed by atoms with Gasteiger partial charge in [0.2, 0.25) is 0 Å². The molecule has 1 aromatic carbocycles. The van der Waals surface area contributed by atoms with Gasteiger partial charge in [-0.15, -0.1) is 0 Å². The summed E-state index contributed by atoms with van der Waals surface area (Å²) in [7, 11) is 0. The standard InChI is InChI=1S/C12H16N2O2/c1-8-3-2-4-10(11(8)15)12(16)14-6-5-9(13)7-14/h2-4,9,15H,5-7,13H2,1H3/t9-/m1/s1. The second-order valence-electron chi connectivity index (χ2n) is 4.27. The third kappa shape index (κ3) is 1.88. The zero-order valence-electron chi connectivity index (χ0n) is 9.31. The summed E-state index contributed by atoms with van der Waals surface area (Å²) >= 11 is 0. The first-order valence-electron chi connectivity index (χ1n) is 5.43. The van der Waals surface area contributed by atoms with Crippen LogP contribution in [0.5, 0.6) is 5.75 Å². The van der Waals surface area contributed by atoms with Crippen molar-refractivity contribution < 1.29 is 9.90 Å². The zero-order valence-corrected chi connectivity index (χ0v) is 9.31. The van der Waals surface area contributed by atoms with Crippen molar-refractivity contribution in [1.82, 2.24) is 4.90 Å². The molecule has 1 saturated heterocycles. The molecule has 1 aliphatic heterocycles. The topological polar surface area (TPSA) is 66.6 Å². The van der Waals surface area contributed by atoms with E-state index >= 15 is 0 Å². The summed E-state index contributed by atoms with van der Waals surface area (Å²) in [5.74, 6) is -0.0536. The molecule has 1 atom stereocenters. The quantitative estimate of drug-likeness (QED) is 0.738. The predicted octanol–water partition coefficient (Wildman–Crippen LogP) is 0.874. The number of aryl methyl sites for hydroxylation is 1. The van der Waals surface area contributed by atoms with Crippen molar-refractivity contribution in [2.45, 2.75) is 19.4 Å². The van der Waals surface area contributed by atoms with Crippen LogP contribution in [0.25, 0.3) is 0 Å². The predicted molar refractivity (Wildman–Crippen MR) is 61.3 cm³/mol. The molecule has 1 aliphatic rings. The highest BCUT2D eigenvalue weighted by Crippen LogP contribution is 2.24. The lowest BCUT2D eigenvalue weighted by Gasteiger charge is -2.17. The molecule has 0 spiro atoms. The lowest BCUT2D eigenvalue weighted by molar-refractivity contribution is 0.0787. The molecule has 0 bridgehead atoms. The maximum Gasteiger partial charge on any atom is 0.257 e. The highest BCUT2D eigenvalue weighted by molar-refractivity contribution is 5.97. The van der Waals surface area contributed by atoms with Gasteiger partial charge >= 0.3 is 0 Å². The molecule has 1 fully saturated rings. The first kappa shape index (κ1) is 11.0. The van der Waals surface area contributed by atoms with Gasteiger partial charge in [-0.2, -0.15) is 0 Å². The van der Waals surface area contributed by atoms with E-state index in [9.17, 15) is 9.90 Å². The summed E-state index contributed by atoms with van der Waals surface area (Å²) in [5, 5.41) is 9.82. The number of phenolic OH excluding ortho intramolecular Hbond substituents is 1. The molecule has 0 aliphatic carbocycles. The molecule has 1 heterocycles. The van der Waals surface area contributed by atoms with Crippen molar-refractivity contribution in [3.8, 4) is 5.75 Å². The van der Waals surface area contributed by atoms with Crippen LogP contribution in [0.4, 0.5) is 0 Å². The zero-order chi connectivity index (χ0) is 11.7. The summed E-state index contributed by atoms with van der Waals surface area (Å²) in [6.07, 6.45) is 0.832. The maximum atomic E-state index is 12.1. The molecular weight excluding hydrogens is 204 g/mol. The van der Waals surface area contributed by atoms with E-state index in [0.29, 0.717) is 24.2 Å². The van der Waals surface area contributed by atoms with E-state index in [1.165, 1.54) is 0 Å². The number of aromatic hydroxyl groups is 1. The molecular formula is C12H16N2O2. The average Bonchev–Trinajstić information content (AvgIpc) is 2.68. The number of carbonyl (C=O) groups excluding carboxylic acids is 1. The molecule has 3 N–H and O–H groups in total. The van der Waals surface area contributed by atoms with E-state index in [1.807, 2.05) is 0 Å². The fraction of sp³-hybridized carbons (Fsp3) is 0.417. The van der Waals surface area contributed by atoms with Crippen molar-refractivity contribution in [2.24, 2.45) is 5.73 Å². The normalized spacial score (nSPS) is 20.1. The van der Waals surface area contributed by atoms with Crippen LogP contribution in [0, 0.1) is 6.92 Å². The Morgan fingerprint density at radius 3 is 2.94 bits per heavy atom. The minimum Gasteiger partial charge on any atom is -0.507 e. The highest BCUT2D eigenvalue weighted by Gasteiger charge is 2.26. The molecule has 4 nitrogen and oxygen atoms in total. The fourth-order valence-electron chi connectivity index (χ4n) is 1.97. The summed E-state index contributed by atoms with van der Waals surface area (Å²) < 4.78 is 0. The van der Waals surface area contributed by atoms with Gasteiger partial charge in [0, 0.05) is 19.1 Å². The van der Waals surface area contributed by atoms with Gasteiger partial charge in [0.15, 0.2) is 0 Å². The maximum absolute atomic E-state index is 12.1. The Labute approximate surface area is 94.7 Å². The van der Waals surface area contributed by atoms with Gasteiger partial charge in [-0.05, 0) is 25.0 Å². The molecule has 86 valence electrons. The number of nitrogens with zero attached hydrogens (tertiary/aromatic N) is 1. The van der Waals surface area contributed by atoms with Crippen LogP contribution in [0.15, 0.2) is 18.2 Å². The Morgan fingerprint density at radius 1 is 1.56 bits per heavy atom. The van der Waals surface area contributed by atoms with E-state index in [2.05, 4.69) is 0 Å². The van der Waals surface area contributed by atoms with Crippen LogP contribution < -0.4 is 5.73 Å². The first-order chi connectivity index (χ1) is 7.59. The van der Waals surface area contributed by atoms with Crippen molar-refractivity contribution in [3.05, 3.63) is 29.3 Å². The van der Waals surface area contributed by atoms with Gasteiger partial charge < -0.3 is 15.7 Å². The largest absolute Gasteiger partial charge is 0.507 e. The molecule has 0 saturated carbocycles. The van der Waals surface area contributed by atoms with Crippen molar-refractivity contribution in [3.63, 3.8) is 0 Å². The Balaban J connectivity index is 2.24. The number of hydrogen-bond donors (Lipinski definition) is 2. The van der Waals surface area contributed by atoms with Crippen LogP contribution >= 0.6 is 0 Å². The summed E-state index contributed by atoms with van der Waals surface area (Å²) in [6, 6.07) is 5.27. The Kier molecular flexibility index (Phi) is 2.83. The Hall–Kier alpha value is -1.55. The number of nitrogens with two attached hydrogens (primary N) is 1. The van der Waals surface area contributed by atoms with E-state index in [1.54, 1.807) is 30.0 Å². The van der Waals surface area contributed by atoms with Gasteiger partial charge in [0.25, 0.3) is 5.91 Å². The number of benzene rings is 1. The molecule has 1 aromatic rings. The molecule has 1 amide bonds. The van der Waals surface area contributed by atoms with Crippen LogP contribution in [-0.4, -0.2) is 35.0 Å². The molecule has 2 rings (SSSR count). The SMILES string of the molecule is Cc1cccc(C(=O)N2CC[C@@H](N)C2)c1O. The van der Waals surface area contributed by atoms with Crippen LogP contribution in [0.1, 0.15) is 22.3 Å². The van der Waals surface area contributed by atoms with Crippen molar-refractivity contribution in [2.75, 3.05) is 13.1 Å². The second kappa shape index (κ2) is 4.14. The number of phenols is 1. The third-order valence-electron chi connectivity index (χ3n) is 2.98. The summed E-state index contributed by atoms with van der Waals surface area (Å²) in [5.41, 5.74) is 6.84. The number of likely N-dealkylation sites (tertiary alicyclic amines) is 1. The lowest BCUT2D eigenvalue weighted by Crippen LogP contribution is -2.31. The van der Waals surface area contributed by atoms with Gasteiger partial charge in [0.1, 0.15) is 5.75 Å². The number of rotatable bonds is 1. The van der Waals surface area contributed by atoms with Crippen molar-refractivity contribution >= 4 is 5.91 Å². The number of amides is 1. The average molecular weight is 220 g/mol. The van der Waals surface area contributed by atoms with Gasteiger partial charge in [0.05, 0.1) is 5.56 Å². The summed E-state index contributed by atoms with van der Waals surface area (Å²) in [6.45, 7) is 3.03. The smallest absolute Gasteiger partial charge is 0.257 e. The Morgan fingerprint density at radius 2 is 2.31 bits per heavy atom. The molecule has 0 radical (unpaired) electrons. The van der Waals surface area contributed by atoms with Gasteiger partial charge in [-0.25, -0.2) is 0 Å². The van der Waals surface area contributed by atoms with Gasteiger partial charge in [-0.3, -0.25) is 4.79 Å². The minimum absolute atomic E-state index is 0.0657. The van der Waals surface area contributed by atoms with E-state index in [0.717, 1.165) is 6.42 Å².